The van der Waals surface area contributed by atoms with E-state index in [0.29, 0.717) is 19.3 Å². The average Bonchev–Trinajstić information content (AvgIpc) is 3.52. The summed E-state index contributed by atoms with van der Waals surface area (Å²) in [6, 6.07) is 11.8. The van der Waals surface area contributed by atoms with Gasteiger partial charge in [0.2, 0.25) is 0 Å². The number of aliphatic hydroxyl groups excluding tert-OH is 8. The van der Waals surface area contributed by atoms with Gasteiger partial charge in [0.05, 0.1) is 43.6 Å². The van der Waals surface area contributed by atoms with Crippen molar-refractivity contribution in [3.63, 3.8) is 0 Å². The Morgan fingerprint density at radius 2 is 1.20 bits per heavy atom. The van der Waals surface area contributed by atoms with Crippen LogP contribution in [0.5, 0.6) is 0 Å². The van der Waals surface area contributed by atoms with Gasteiger partial charge in [0.15, 0.2) is 25.0 Å². The third-order valence-corrected chi connectivity index (χ3v) is 11.0. The van der Waals surface area contributed by atoms with Gasteiger partial charge in [0.25, 0.3) is 11.8 Å². The topological polar surface area (TPSA) is 307 Å². The molecule has 336 valence electrons. The molecule has 0 aromatic heterocycles. The average molecular weight is 866 g/mol. The first-order chi connectivity index (χ1) is 29.3. The molecule has 6 rings (SSSR count). The fourth-order valence-corrected chi connectivity index (χ4v) is 7.65. The van der Waals surface area contributed by atoms with Crippen molar-refractivity contribution in [1.29, 1.82) is 0 Å². The van der Waals surface area contributed by atoms with E-state index in [1.165, 1.54) is 43.5 Å². The number of rotatable bonds is 17. The van der Waals surface area contributed by atoms with E-state index in [1.54, 1.807) is 18.2 Å². The number of unbranched alkanes of at least 4 members (excludes halogenated alkanes) is 2. The number of aliphatic hydroxyl groups is 8. The largest absolute Gasteiger partial charge is 0.469 e. The van der Waals surface area contributed by atoms with Crippen LogP contribution in [0.4, 0.5) is 0 Å². The Hall–Kier alpha value is -4.04. The minimum atomic E-state index is -2.00. The molecule has 0 saturated carbocycles. The van der Waals surface area contributed by atoms with Crippen molar-refractivity contribution >= 4 is 23.8 Å². The Balaban J connectivity index is 1.32. The number of methoxy groups -OCH3 is 1. The first-order valence-electron chi connectivity index (χ1n) is 19.8. The molecule has 4 aliphatic heterocycles. The Labute approximate surface area is 348 Å². The highest BCUT2D eigenvalue weighted by molar-refractivity contribution is 6.21. The SMILES string of the molecule is COC(=O)CCCCCO[C@@H]1O[C@H](CO)[C@@H](O[C@@H]2O[C@H](CO)[C@H](O)[C@H](O[C@H]3O[C@H](CO)[C@H](O)[C@H](O)[C@H]3O)[C@H]2OC(=O)c2ccccc2)[C@H](O)[C@H]1N1C(=O)c2ccccc2C1=O. The van der Waals surface area contributed by atoms with E-state index in [4.69, 9.17) is 33.2 Å². The molecular formula is C40H51NO20. The van der Waals surface area contributed by atoms with Crippen LogP contribution in [0.15, 0.2) is 54.6 Å². The minimum Gasteiger partial charge on any atom is -0.469 e. The van der Waals surface area contributed by atoms with Crippen molar-refractivity contribution in [2.75, 3.05) is 33.5 Å². The van der Waals surface area contributed by atoms with Gasteiger partial charge < -0.3 is 78.7 Å². The number of imide groups is 1. The Kier molecular flexibility index (Phi) is 15.9. The van der Waals surface area contributed by atoms with Crippen molar-refractivity contribution in [1.82, 2.24) is 4.90 Å². The molecule has 0 radical (unpaired) electrons. The molecule has 15 atom stereocenters. The molecule has 2 aromatic rings. The smallest absolute Gasteiger partial charge is 0.338 e. The van der Waals surface area contributed by atoms with Gasteiger partial charge >= 0.3 is 11.9 Å². The number of benzene rings is 2. The second kappa shape index (κ2) is 20.9. The molecule has 2 aromatic carbocycles. The number of nitrogens with zero attached hydrogens (tertiary/aromatic N) is 1. The number of fused-ring (bicyclic) bond motifs is 1. The molecule has 0 unspecified atom stereocenters. The lowest BCUT2D eigenvalue weighted by molar-refractivity contribution is -0.376. The fourth-order valence-electron chi connectivity index (χ4n) is 7.65. The zero-order chi connectivity index (χ0) is 44.0. The van der Waals surface area contributed by atoms with Crippen molar-refractivity contribution in [3.05, 3.63) is 71.3 Å². The summed E-state index contributed by atoms with van der Waals surface area (Å²) < 4.78 is 46.2. The lowest BCUT2D eigenvalue weighted by Crippen LogP contribution is -2.69. The van der Waals surface area contributed by atoms with Crippen LogP contribution in [0.3, 0.4) is 0 Å². The van der Waals surface area contributed by atoms with E-state index in [1.807, 2.05) is 0 Å². The zero-order valence-corrected chi connectivity index (χ0v) is 32.9. The lowest BCUT2D eigenvalue weighted by Gasteiger charge is -2.50. The second-order valence-electron chi connectivity index (χ2n) is 14.8. The van der Waals surface area contributed by atoms with Gasteiger partial charge in [0.1, 0.15) is 67.1 Å². The maximum absolute atomic E-state index is 13.8. The summed E-state index contributed by atoms with van der Waals surface area (Å²) in [7, 11) is 1.27. The van der Waals surface area contributed by atoms with Gasteiger partial charge in [-0.2, -0.15) is 0 Å². The highest BCUT2D eigenvalue weighted by Gasteiger charge is 2.58. The van der Waals surface area contributed by atoms with Crippen LogP contribution in [0.25, 0.3) is 0 Å². The summed E-state index contributed by atoms with van der Waals surface area (Å²) >= 11 is 0. The van der Waals surface area contributed by atoms with Crippen molar-refractivity contribution in [2.24, 2.45) is 0 Å². The lowest BCUT2D eigenvalue weighted by atomic mass is 9.94. The van der Waals surface area contributed by atoms with Crippen LogP contribution < -0.4 is 0 Å². The standard InChI is InChI=1S/C40H51NO20/c1-54-25(45)14-6-3-9-15-55-38-26(41-35(51)20-12-7-8-13-21(20)36(41)52)29(48)32(24(18-44)58-38)60-40-34(59-37(53)19-10-4-2-5-11-19)33(28(47)23(17-43)57-40)61-39-31(50)30(49)27(46)22(16-42)56-39/h2,4-5,7-8,10-13,22-24,26-34,38-40,42-44,46-50H,3,6,9,14-18H2,1H3/t22-,23-,24-,26-,27+,28+,29-,30+,31-,32-,33+,34-,38-,39-,40+/m1/s1. The Bertz CT molecular complexity index is 1770. The van der Waals surface area contributed by atoms with E-state index >= 15 is 0 Å². The maximum atomic E-state index is 13.8. The third kappa shape index (κ3) is 9.95. The van der Waals surface area contributed by atoms with Crippen molar-refractivity contribution in [3.8, 4) is 0 Å². The molecule has 4 aliphatic rings. The first kappa shape index (κ1) is 46.5. The normalized spacial score (nSPS) is 35.2. The second-order valence-corrected chi connectivity index (χ2v) is 14.8. The fraction of sp³-hybridized carbons (Fsp3) is 0.600. The molecule has 2 amide bonds. The van der Waals surface area contributed by atoms with E-state index in [2.05, 4.69) is 4.74 Å². The molecule has 8 N–H and O–H groups in total. The highest BCUT2D eigenvalue weighted by Crippen LogP contribution is 2.37. The summed E-state index contributed by atoms with van der Waals surface area (Å²) in [6.45, 7) is -2.67. The van der Waals surface area contributed by atoms with Gasteiger partial charge in [-0.15, -0.1) is 0 Å². The van der Waals surface area contributed by atoms with Crippen LogP contribution in [-0.4, -0.2) is 195 Å². The van der Waals surface area contributed by atoms with Crippen LogP contribution in [0.1, 0.15) is 56.8 Å². The molecule has 21 nitrogen and oxygen atoms in total. The Morgan fingerprint density at radius 1 is 0.623 bits per heavy atom. The number of hydrogen-bond acceptors (Lipinski definition) is 20. The summed E-state index contributed by atoms with van der Waals surface area (Å²) in [5, 5.41) is 86.1. The van der Waals surface area contributed by atoms with Gasteiger partial charge in [-0.25, -0.2) is 4.79 Å². The molecule has 0 bridgehead atoms. The number of esters is 2. The first-order valence-corrected chi connectivity index (χ1v) is 19.8. The molecule has 3 saturated heterocycles. The third-order valence-electron chi connectivity index (χ3n) is 11.0. The van der Waals surface area contributed by atoms with E-state index < -0.39 is 136 Å². The summed E-state index contributed by atoms with van der Waals surface area (Å²) in [6.07, 6.45) is -23.6. The quantitative estimate of drug-likeness (QED) is 0.0458. The molecule has 0 spiro atoms. The van der Waals surface area contributed by atoms with Gasteiger partial charge in [-0.05, 0) is 37.1 Å². The maximum Gasteiger partial charge on any atom is 0.338 e. The molecule has 61 heavy (non-hydrogen) atoms. The van der Waals surface area contributed by atoms with E-state index in [-0.39, 0.29) is 29.7 Å². The predicted octanol–water partition coefficient (Wildman–Crippen LogP) is -2.65. The minimum absolute atomic E-state index is 0.00291. The molecular weight excluding hydrogens is 814 g/mol. The zero-order valence-electron chi connectivity index (χ0n) is 32.9. The van der Waals surface area contributed by atoms with Crippen LogP contribution >= 0.6 is 0 Å². The van der Waals surface area contributed by atoms with E-state index in [0.717, 1.165) is 4.90 Å². The van der Waals surface area contributed by atoms with Crippen molar-refractivity contribution in [2.45, 2.75) is 118 Å². The number of hydrogen-bond donors (Lipinski definition) is 8. The number of carbonyl (C=O) groups is 4. The van der Waals surface area contributed by atoms with Crippen LogP contribution in [0, 0.1) is 0 Å². The molecule has 21 heteroatoms. The molecule has 4 heterocycles. The summed E-state index contributed by atoms with van der Waals surface area (Å²) in [4.78, 5) is 53.6. The predicted molar refractivity (Wildman–Crippen MR) is 200 cm³/mol. The molecule has 0 aliphatic carbocycles. The van der Waals surface area contributed by atoms with Gasteiger partial charge in [-0.3, -0.25) is 19.3 Å². The van der Waals surface area contributed by atoms with Crippen LogP contribution in [-0.2, 0) is 42.7 Å². The highest BCUT2D eigenvalue weighted by atomic mass is 16.8. The number of carbonyl (C=O) groups excluding carboxylic acids is 4. The van der Waals surface area contributed by atoms with Gasteiger partial charge in [-0.1, -0.05) is 36.8 Å². The van der Waals surface area contributed by atoms with E-state index in [9.17, 15) is 60.0 Å². The summed E-state index contributed by atoms with van der Waals surface area (Å²) in [5.41, 5.74) is 0.0517. The Morgan fingerprint density at radius 3 is 1.82 bits per heavy atom. The number of amides is 2. The van der Waals surface area contributed by atoms with Crippen LogP contribution in [0.2, 0.25) is 0 Å². The number of ether oxygens (including phenoxy) is 8. The molecule has 3 fully saturated rings. The monoisotopic (exact) mass is 865 g/mol. The van der Waals surface area contributed by atoms with Gasteiger partial charge in [0, 0.05) is 13.0 Å². The van der Waals surface area contributed by atoms with Crippen molar-refractivity contribution < 1.29 is 97.9 Å². The summed E-state index contributed by atoms with van der Waals surface area (Å²) in [5.74, 6) is -3.03.